The highest BCUT2D eigenvalue weighted by atomic mass is 32.1. The molecule has 2 N–H and O–H groups in total. The number of carbonyl (C=O) groups excluding carboxylic acids is 2. The summed E-state index contributed by atoms with van der Waals surface area (Å²) in [7, 11) is 1.59. The minimum Gasteiger partial charge on any atom is -0.385 e. The molecule has 2 rings (SSSR count). The highest BCUT2D eigenvalue weighted by Crippen LogP contribution is 2.29. The van der Waals surface area contributed by atoms with Gasteiger partial charge in [0.25, 0.3) is 12.3 Å². The molecule has 0 bridgehead atoms. The number of aromatic nitrogens is 1. The van der Waals surface area contributed by atoms with Crippen molar-refractivity contribution in [3.8, 4) is 0 Å². The number of alkyl halides is 2. The van der Waals surface area contributed by atoms with E-state index < -0.39 is 23.6 Å². The largest absolute Gasteiger partial charge is 0.385 e. The molecule has 6 nitrogen and oxygen atoms in total. The van der Waals surface area contributed by atoms with E-state index in [2.05, 4.69) is 15.6 Å². The van der Waals surface area contributed by atoms with Gasteiger partial charge in [0.15, 0.2) is 0 Å². The SMILES string of the molecule is COCCCC(=O)NC1(CNC(=O)c2scnc2C(F)F)CCCCC1. The van der Waals surface area contributed by atoms with Crippen LogP contribution in [0.3, 0.4) is 0 Å². The summed E-state index contributed by atoms with van der Waals surface area (Å²) in [6.07, 6.45) is 2.71. The number of hydrogen-bond acceptors (Lipinski definition) is 5. The zero-order valence-corrected chi connectivity index (χ0v) is 15.7. The van der Waals surface area contributed by atoms with Gasteiger partial charge in [0, 0.05) is 26.7 Å². The van der Waals surface area contributed by atoms with Crippen LogP contribution in [0.1, 0.15) is 66.7 Å². The Hall–Kier alpha value is -1.61. The molecule has 146 valence electrons. The first kappa shape index (κ1) is 20.7. The zero-order chi connectivity index (χ0) is 19.0. The van der Waals surface area contributed by atoms with Crippen LogP contribution in [0.4, 0.5) is 8.78 Å². The maximum absolute atomic E-state index is 12.9. The van der Waals surface area contributed by atoms with Gasteiger partial charge in [0.1, 0.15) is 10.6 Å². The fourth-order valence-electron chi connectivity index (χ4n) is 3.22. The molecule has 0 saturated heterocycles. The van der Waals surface area contributed by atoms with Crippen LogP contribution in [0.25, 0.3) is 0 Å². The lowest BCUT2D eigenvalue weighted by atomic mass is 9.81. The Labute approximate surface area is 155 Å². The third kappa shape index (κ3) is 5.70. The molecular weight excluding hydrogens is 364 g/mol. The van der Waals surface area contributed by atoms with Gasteiger partial charge in [0.05, 0.1) is 11.0 Å². The summed E-state index contributed by atoms with van der Waals surface area (Å²) in [5.74, 6) is -0.648. The van der Waals surface area contributed by atoms with E-state index in [4.69, 9.17) is 4.74 Å². The monoisotopic (exact) mass is 389 g/mol. The number of thiazole rings is 1. The van der Waals surface area contributed by atoms with Crippen molar-refractivity contribution in [1.29, 1.82) is 0 Å². The molecule has 0 spiro atoms. The molecule has 0 aromatic carbocycles. The second-order valence-corrected chi connectivity index (χ2v) is 7.39. The number of methoxy groups -OCH3 is 1. The lowest BCUT2D eigenvalue weighted by molar-refractivity contribution is -0.123. The smallest absolute Gasteiger partial charge is 0.281 e. The first-order valence-electron chi connectivity index (χ1n) is 8.77. The van der Waals surface area contributed by atoms with E-state index in [1.165, 1.54) is 5.51 Å². The van der Waals surface area contributed by atoms with E-state index in [9.17, 15) is 18.4 Å². The van der Waals surface area contributed by atoms with Crippen LogP contribution < -0.4 is 10.6 Å². The van der Waals surface area contributed by atoms with E-state index in [1.807, 2.05) is 0 Å². The van der Waals surface area contributed by atoms with Gasteiger partial charge in [-0.1, -0.05) is 19.3 Å². The van der Waals surface area contributed by atoms with Crippen LogP contribution in [0.5, 0.6) is 0 Å². The number of carbonyl (C=O) groups is 2. The summed E-state index contributed by atoms with van der Waals surface area (Å²) in [5, 5.41) is 5.78. The van der Waals surface area contributed by atoms with Crippen LogP contribution in [0.15, 0.2) is 5.51 Å². The summed E-state index contributed by atoms with van der Waals surface area (Å²) >= 11 is 0.895. The van der Waals surface area contributed by atoms with E-state index >= 15 is 0 Å². The Morgan fingerprint density at radius 3 is 2.73 bits per heavy atom. The minimum absolute atomic E-state index is 0.0719. The average Bonchev–Trinajstić information content (AvgIpc) is 3.11. The maximum Gasteiger partial charge on any atom is 0.281 e. The molecule has 1 aliphatic rings. The molecule has 2 amide bonds. The first-order valence-corrected chi connectivity index (χ1v) is 9.65. The van der Waals surface area contributed by atoms with E-state index in [-0.39, 0.29) is 17.3 Å². The Balaban J connectivity index is 1.97. The average molecular weight is 389 g/mol. The summed E-state index contributed by atoms with van der Waals surface area (Å²) in [5.41, 5.74) is 0.228. The molecule has 26 heavy (non-hydrogen) atoms. The van der Waals surface area contributed by atoms with Gasteiger partial charge >= 0.3 is 0 Å². The van der Waals surface area contributed by atoms with Crippen LogP contribution >= 0.6 is 11.3 Å². The molecule has 1 heterocycles. The van der Waals surface area contributed by atoms with Gasteiger partial charge < -0.3 is 15.4 Å². The third-order valence-corrected chi connectivity index (χ3v) is 5.40. The quantitative estimate of drug-likeness (QED) is 0.636. The van der Waals surface area contributed by atoms with Gasteiger partial charge in [-0.3, -0.25) is 9.59 Å². The summed E-state index contributed by atoms with van der Waals surface area (Å²) < 4.78 is 30.8. The molecule has 0 atom stereocenters. The fourth-order valence-corrected chi connectivity index (χ4v) is 3.93. The molecule has 1 aromatic rings. The molecule has 1 aromatic heterocycles. The maximum atomic E-state index is 12.9. The van der Waals surface area contributed by atoms with Gasteiger partial charge in [0.2, 0.25) is 5.91 Å². The predicted octanol–water partition coefficient (Wildman–Crippen LogP) is 3.06. The van der Waals surface area contributed by atoms with Crippen molar-refractivity contribution in [1.82, 2.24) is 15.6 Å². The number of ether oxygens (including phenoxy) is 1. The summed E-state index contributed by atoms with van der Waals surface area (Å²) in [6, 6.07) is 0. The second-order valence-electron chi connectivity index (χ2n) is 6.54. The topological polar surface area (TPSA) is 80.3 Å². The number of halogens is 2. The molecule has 1 saturated carbocycles. The second kappa shape index (κ2) is 9.91. The van der Waals surface area contributed by atoms with Crippen molar-refractivity contribution in [3.05, 3.63) is 16.1 Å². The van der Waals surface area contributed by atoms with Gasteiger partial charge in [-0.2, -0.15) is 0 Å². The van der Waals surface area contributed by atoms with Crippen molar-refractivity contribution in [2.24, 2.45) is 0 Å². The molecule has 0 unspecified atom stereocenters. The highest BCUT2D eigenvalue weighted by Gasteiger charge is 2.34. The Morgan fingerprint density at radius 2 is 2.08 bits per heavy atom. The molecule has 9 heteroatoms. The third-order valence-electron chi connectivity index (χ3n) is 4.56. The highest BCUT2D eigenvalue weighted by molar-refractivity contribution is 7.11. The Morgan fingerprint density at radius 1 is 1.35 bits per heavy atom. The van der Waals surface area contributed by atoms with Crippen LogP contribution in [-0.4, -0.2) is 42.6 Å². The van der Waals surface area contributed by atoms with Crippen molar-refractivity contribution in [3.63, 3.8) is 0 Å². The van der Waals surface area contributed by atoms with Crippen LogP contribution in [-0.2, 0) is 9.53 Å². The van der Waals surface area contributed by atoms with Gasteiger partial charge in [-0.25, -0.2) is 13.8 Å². The van der Waals surface area contributed by atoms with Crippen molar-refractivity contribution in [2.45, 2.75) is 56.9 Å². The fraction of sp³-hybridized carbons (Fsp3) is 0.706. The molecule has 1 fully saturated rings. The molecule has 0 aliphatic heterocycles. The van der Waals surface area contributed by atoms with Crippen molar-refractivity contribution < 1.29 is 23.1 Å². The van der Waals surface area contributed by atoms with Crippen molar-refractivity contribution >= 4 is 23.2 Å². The number of hydrogen-bond donors (Lipinski definition) is 2. The number of nitrogens with zero attached hydrogens (tertiary/aromatic N) is 1. The lowest BCUT2D eigenvalue weighted by Gasteiger charge is -2.38. The van der Waals surface area contributed by atoms with Crippen LogP contribution in [0.2, 0.25) is 0 Å². The minimum atomic E-state index is -2.79. The zero-order valence-electron chi connectivity index (χ0n) is 14.9. The van der Waals surface area contributed by atoms with Crippen molar-refractivity contribution in [2.75, 3.05) is 20.3 Å². The van der Waals surface area contributed by atoms with Gasteiger partial charge in [-0.15, -0.1) is 11.3 Å². The molecular formula is C17H25F2N3O3S. The van der Waals surface area contributed by atoms with E-state index in [1.54, 1.807) is 7.11 Å². The van der Waals surface area contributed by atoms with Gasteiger partial charge in [-0.05, 0) is 19.3 Å². The number of rotatable bonds is 9. The Kier molecular flexibility index (Phi) is 7.89. The molecule has 1 aliphatic carbocycles. The predicted molar refractivity (Wildman–Crippen MR) is 94.5 cm³/mol. The van der Waals surface area contributed by atoms with Crippen LogP contribution in [0, 0.1) is 0 Å². The van der Waals surface area contributed by atoms with E-state index in [0.29, 0.717) is 19.4 Å². The number of nitrogens with one attached hydrogen (secondary N) is 2. The normalized spacial score (nSPS) is 16.5. The molecule has 0 radical (unpaired) electrons. The van der Waals surface area contributed by atoms with E-state index in [0.717, 1.165) is 43.4 Å². The first-order chi connectivity index (χ1) is 12.5. The number of amides is 2. The Bertz CT molecular complexity index is 604. The lowest BCUT2D eigenvalue weighted by Crippen LogP contribution is -2.56. The summed E-state index contributed by atoms with van der Waals surface area (Å²) in [4.78, 5) is 28.0. The summed E-state index contributed by atoms with van der Waals surface area (Å²) in [6.45, 7) is 0.737. The standard InChI is InChI=1S/C17H25F2N3O3S/c1-25-9-5-6-12(23)22-17(7-3-2-4-8-17)10-20-16(24)14-13(15(18)19)21-11-26-14/h11,15H,2-10H2,1H3,(H,20,24)(H,22,23).